The van der Waals surface area contributed by atoms with Crippen molar-refractivity contribution in [2.45, 2.75) is 44.7 Å². The first-order chi connectivity index (χ1) is 20.5. The highest BCUT2D eigenvalue weighted by molar-refractivity contribution is 6.24. The van der Waals surface area contributed by atoms with Gasteiger partial charge in [-0.2, -0.15) is 0 Å². The number of halogens is 1. The highest BCUT2D eigenvalue weighted by Gasteiger charge is 2.53. The monoisotopic (exact) mass is 568 g/mol. The number of ether oxygens (including phenoxy) is 1. The predicted molar refractivity (Wildman–Crippen MR) is 158 cm³/mol. The third-order valence-corrected chi connectivity index (χ3v) is 8.02. The minimum atomic E-state index is -0.782. The van der Waals surface area contributed by atoms with Crippen LogP contribution in [0.5, 0.6) is 0 Å². The predicted octanol–water partition coefficient (Wildman–Crippen LogP) is 5.73. The highest BCUT2D eigenvalue weighted by atomic mass is 19.1. The number of hydrogen-bond donors (Lipinski definition) is 2. The molecule has 8 nitrogen and oxygen atoms in total. The van der Waals surface area contributed by atoms with E-state index in [9.17, 15) is 18.8 Å². The molecule has 9 heteroatoms. The minimum Gasteiger partial charge on any atom is -0.381 e. The minimum absolute atomic E-state index is 0.241. The van der Waals surface area contributed by atoms with Crippen LogP contribution in [0.4, 0.5) is 14.9 Å². The fraction of sp³-hybridized carbons (Fsp3) is 0.303. The second kappa shape index (κ2) is 11.8. The number of unbranched alkanes of at least 4 members (excludes halogenated alkanes) is 1. The van der Waals surface area contributed by atoms with E-state index in [4.69, 9.17) is 4.74 Å². The molecule has 0 bridgehead atoms. The van der Waals surface area contributed by atoms with Gasteiger partial charge in [0.1, 0.15) is 17.9 Å². The van der Waals surface area contributed by atoms with Gasteiger partial charge >= 0.3 is 6.03 Å². The lowest BCUT2D eigenvalue weighted by molar-refractivity contribution is -0.120. The Morgan fingerprint density at radius 2 is 1.74 bits per heavy atom. The molecule has 2 aliphatic heterocycles. The first-order valence-electron chi connectivity index (χ1n) is 14.5. The quantitative estimate of drug-likeness (QED) is 0.189. The maximum absolute atomic E-state index is 14.2. The Balaban J connectivity index is 1.31. The van der Waals surface area contributed by atoms with E-state index in [0.29, 0.717) is 38.2 Å². The number of imide groups is 1. The summed E-state index contributed by atoms with van der Waals surface area (Å²) >= 11 is 0. The summed E-state index contributed by atoms with van der Waals surface area (Å²) in [5, 5.41) is 3.88. The molecule has 0 saturated carbocycles. The molecule has 4 aromatic rings. The molecule has 0 spiro atoms. The van der Waals surface area contributed by atoms with E-state index in [1.54, 1.807) is 41.3 Å². The van der Waals surface area contributed by atoms with Crippen LogP contribution in [0.2, 0.25) is 0 Å². The molecule has 3 heterocycles. The standard InChI is InChI=1S/C33H33FN4O4/c1-2-3-18-42-19-8-17-35-31(39)24-10-5-7-12-27(24)38-32(40)28-20-25-23-9-4-6-11-26(23)36-29(25)30(37(28)33(38)41)21-13-15-22(34)16-14-21/h4-7,9-16,28,30,36H,2-3,8,17-20H2,1H3,(H,35,39)/t28-,30+/m0/s1. The van der Waals surface area contributed by atoms with Gasteiger partial charge in [0.25, 0.3) is 11.8 Å². The number of aromatic nitrogens is 1. The molecule has 1 aromatic heterocycles. The van der Waals surface area contributed by atoms with Gasteiger partial charge in [0.05, 0.1) is 11.3 Å². The van der Waals surface area contributed by atoms with Crippen LogP contribution in [0.15, 0.2) is 72.8 Å². The van der Waals surface area contributed by atoms with E-state index in [0.717, 1.165) is 39.9 Å². The third-order valence-electron chi connectivity index (χ3n) is 8.02. The molecule has 0 aliphatic carbocycles. The van der Waals surface area contributed by atoms with Gasteiger partial charge in [-0.25, -0.2) is 14.1 Å². The van der Waals surface area contributed by atoms with E-state index in [1.807, 2.05) is 24.3 Å². The number of carbonyl (C=O) groups is 3. The number of rotatable bonds is 10. The first-order valence-corrected chi connectivity index (χ1v) is 14.5. The molecule has 3 aromatic carbocycles. The van der Waals surface area contributed by atoms with Crippen LogP contribution in [0, 0.1) is 5.82 Å². The molecule has 42 heavy (non-hydrogen) atoms. The van der Waals surface area contributed by atoms with Crippen LogP contribution in [0.1, 0.15) is 59.4 Å². The summed E-state index contributed by atoms with van der Waals surface area (Å²) in [4.78, 5) is 47.6. The van der Waals surface area contributed by atoms with Gasteiger partial charge in [-0.3, -0.25) is 14.5 Å². The molecular weight excluding hydrogens is 535 g/mol. The molecular formula is C33H33FN4O4. The van der Waals surface area contributed by atoms with Gasteiger partial charge in [0.2, 0.25) is 0 Å². The van der Waals surface area contributed by atoms with E-state index >= 15 is 0 Å². The number of nitrogens with one attached hydrogen (secondary N) is 2. The van der Waals surface area contributed by atoms with Gasteiger partial charge < -0.3 is 15.0 Å². The van der Waals surface area contributed by atoms with E-state index in [-0.39, 0.29) is 23.0 Å². The molecule has 6 rings (SSSR count). The summed E-state index contributed by atoms with van der Waals surface area (Å²) < 4.78 is 19.5. The normalized spacial score (nSPS) is 18.0. The number of aromatic amines is 1. The Bertz CT molecular complexity index is 1630. The Morgan fingerprint density at radius 3 is 2.55 bits per heavy atom. The molecule has 0 unspecified atom stereocenters. The van der Waals surface area contributed by atoms with Crippen LogP contribution in [-0.4, -0.2) is 53.5 Å². The number of benzene rings is 3. The summed E-state index contributed by atoms with van der Waals surface area (Å²) in [5.74, 6) is -1.15. The molecule has 2 atom stereocenters. The average Bonchev–Trinajstić information content (AvgIpc) is 3.50. The SMILES string of the molecule is CCCCOCCCNC(=O)c1ccccc1N1C(=O)[C@@H]2Cc3c([nH]c4ccccc34)[C@@H](c3ccc(F)cc3)N2C1=O. The van der Waals surface area contributed by atoms with Gasteiger partial charge in [0.15, 0.2) is 0 Å². The second-order valence-corrected chi connectivity index (χ2v) is 10.7. The van der Waals surface area contributed by atoms with Crippen LogP contribution < -0.4 is 10.2 Å². The van der Waals surface area contributed by atoms with E-state index in [2.05, 4.69) is 17.2 Å². The summed E-state index contributed by atoms with van der Waals surface area (Å²) in [5.41, 5.74) is 3.83. The number of para-hydroxylation sites is 2. The van der Waals surface area contributed by atoms with Gasteiger partial charge in [0, 0.05) is 42.8 Å². The molecule has 0 radical (unpaired) electrons. The van der Waals surface area contributed by atoms with Gasteiger partial charge in [-0.15, -0.1) is 0 Å². The number of urea groups is 1. The lowest BCUT2D eigenvalue weighted by atomic mass is 9.89. The number of H-pyrrole nitrogens is 1. The summed E-state index contributed by atoms with van der Waals surface area (Å²) in [6.45, 7) is 3.75. The van der Waals surface area contributed by atoms with Crippen molar-refractivity contribution in [1.82, 2.24) is 15.2 Å². The molecule has 2 aliphatic rings. The topological polar surface area (TPSA) is 94.7 Å². The summed E-state index contributed by atoms with van der Waals surface area (Å²) in [6, 6.07) is 18.5. The summed E-state index contributed by atoms with van der Waals surface area (Å²) in [6.07, 6.45) is 3.04. The van der Waals surface area contributed by atoms with Crippen molar-refractivity contribution >= 4 is 34.4 Å². The highest BCUT2D eigenvalue weighted by Crippen LogP contribution is 2.45. The third kappa shape index (κ3) is 4.94. The van der Waals surface area contributed by atoms with Crippen LogP contribution in [-0.2, 0) is 16.0 Å². The smallest absolute Gasteiger partial charge is 0.332 e. The lowest BCUT2D eigenvalue weighted by Gasteiger charge is -2.36. The van der Waals surface area contributed by atoms with Crippen molar-refractivity contribution < 1.29 is 23.5 Å². The van der Waals surface area contributed by atoms with Crippen molar-refractivity contribution in [3.8, 4) is 0 Å². The summed E-state index contributed by atoms with van der Waals surface area (Å²) in [7, 11) is 0. The lowest BCUT2D eigenvalue weighted by Crippen LogP contribution is -2.44. The van der Waals surface area contributed by atoms with Crippen LogP contribution in [0.25, 0.3) is 10.9 Å². The Kier molecular flexibility index (Phi) is 7.75. The number of anilines is 1. The largest absolute Gasteiger partial charge is 0.381 e. The molecule has 216 valence electrons. The number of carbonyl (C=O) groups excluding carboxylic acids is 3. The molecule has 1 saturated heterocycles. The van der Waals surface area contributed by atoms with Crippen molar-refractivity contribution in [1.29, 1.82) is 0 Å². The molecule has 2 N–H and O–H groups in total. The second-order valence-electron chi connectivity index (χ2n) is 10.7. The maximum Gasteiger partial charge on any atom is 0.332 e. The van der Waals surface area contributed by atoms with E-state index in [1.165, 1.54) is 12.1 Å². The number of nitrogens with zero attached hydrogens (tertiary/aromatic N) is 2. The van der Waals surface area contributed by atoms with Crippen LogP contribution >= 0.6 is 0 Å². The Labute approximate surface area is 243 Å². The molecule has 1 fully saturated rings. The van der Waals surface area contributed by atoms with Crippen molar-refractivity contribution in [3.05, 3.63) is 101 Å². The van der Waals surface area contributed by atoms with Crippen molar-refractivity contribution in [2.75, 3.05) is 24.7 Å². The Hall–Kier alpha value is -4.50. The number of hydrogen-bond acceptors (Lipinski definition) is 4. The average molecular weight is 569 g/mol. The fourth-order valence-electron chi connectivity index (χ4n) is 5.97. The van der Waals surface area contributed by atoms with E-state index < -0.39 is 24.0 Å². The Morgan fingerprint density at radius 1 is 1.00 bits per heavy atom. The number of fused-ring (bicyclic) bond motifs is 4. The van der Waals surface area contributed by atoms with Crippen molar-refractivity contribution in [3.63, 3.8) is 0 Å². The van der Waals surface area contributed by atoms with Crippen molar-refractivity contribution in [2.24, 2.45) is 0 Å². The zero-order valence-corrected chi connectivity index (χ0v) is 23.4. The zero-order chi connectivity index (χ0) is 29.2. The van der Waals surface area contributed by atoms with Crippen LogP contribution in [0.3, 0.4) is 0 Å². The van der Waals surface area contributed by atoms with Gasteiger partial charge in [-0.05, 0) is 54.3 Å². The zero-order valence-electron chi connectivity index (χ0n) is 23.4. The fourth-order valence-corrected chi connectivity index (χ4v) is 5.97. The first kappa shape index (κ1) is 27.7. The molecule has 4 amide bonds. The number of amides is 4. The van der Waals surface area contributed by atoms with Gasteiger partial charge in [-0.1, -0.05) is 55.8 Å². The maximum atomic E-state index is 14.2.